The van der Waals surface area contributed by atoms with E-state index in [4.69, 9.17) is 9.73 Å². The fourth-order valence-electron chi connectivity index (χ4n) is 3.23. The standard InChI is InChI=1S/C26H27NO2S/c1-19(2)29-26(28)24(17-20-10-9-11-21(16-20)18-30)27-25(22-12-5-3-6-13-22)23-14-7-4-8-15-23/h3-16,19,24,30H,17-18H2,1-2H3. The molecule has 1 atom stereocenters. The van der Waals surface area contributed by atoms with Crippen molar-refractivity contribution in [3.8, 4) is 0 Å². The van der Waals surface area contributed by atoms with Crippen LogP contribution in [0.15, 0.2) is 89.9 Å². The number of benzene rings is 3. The smallest absolute Gasteiger partial charge is 0.331 e. The molecule has 0 fully saturated rings. The number of nitrogens with zero attached hydrogens (tertiary/aromatic N) is 1. The van der Waals surface area contributed by atoms with Crippen molar-refractivity contribution < 1.29 is 9.53 Å². The minimum atomic E-state index is -0.641. The van der Waals surface area contributed by atoms with Crippen molar-refractivity contribution in [2.75, 3.05) is 0 Å². The lowest BCUT2D eigenvalue weighted by Gasteiger charge is -2.17. The van der Waals surface area contributed by atoms with Gasteiger partial charge in [0.05, 0.1) is 11.8 Å². The lowest BCUT2D eigenvalue weighted by molar-refractivity contribution is -0.148. The summed E-state index contributed by atoms with van der Waals surface area (Å²) in [5, 5.41) is 0. The Bertz CT molecular complexity index is 943. The van der Waals surface area contributed by atoms with Crippen LogP contribution in [0.1, 0.15) is 36.1 Å². The Morgan fingerprint density at radius 1 is 0.867 bits per heavy atom. The average Bonchev–Trinajstić information content (AvgIpc) is 2.77. The molecule has 0 heterocycles. The van der Waals surface area contributed by atoms with Gasteiger partial charge in [-0.1, -0.05) is 84.9 Å². The molecule has 3 nitrogen and oxygen atoms in total. The molecule has 0 spiro atoms. The lowest BCUT2D eigenvalue weighted by Crippen LogP contribution is -2.28. The van der Waals surface area contributed by atoms with E-state index < -0.39 is 6.04 Å². The summed E-state index contributed by atoms with van der Waals surface area (Å²) in [5.74, 6) is 0.336. The molecule has 0 aliphatic rings. The number of ether oxygens (including phenoxy) is 1. The van der Waals surface area contributed by atoms with Crippen molar-refractivity contribution in [1.29, 1.82) is 0 Å². The van der Waals surface area contributed by atoms with Crippen LogP contribution in [0.3, 0.4) is 0 Å². The molecule has 3 rings (SSSR count). The van der Waals surface area contributed by atoms with Gasteiger partial charge in [0.25, 0.3) is 0 Å². The van der Waals surface area contributed by atoms with Crippen molar-refractivity contribution in [3.05, 3.63) is 107 Å². The Kier molecular flexibility index (Phi) is 7.86. The average molecular weight is 418 g/mol. The van der Waals surface area contributed by atoms with Gasteiger partial charge in [0.15, 0.2) is 6.04 Å². The number of carbonyl (C=O) groups is 1. The van der Waals surface area contributed by atoms with Gasteiger partial charge < -0.3 is 4.74 Å². The molecule has 0 N–H and O–H groups in total. The summed E-state index contributed by atoms with van der Waals surface area (Å²) in [7, 11) is 0. The zero-order valence-electron chi connectivity index (χ0n) is 17.4. The molecule has 0 aromatic heterocycles. The molecule has 154 valence electrons. The van der Waals surface area contributed by atoms with E-state index in [1.165, 1.54) is 0 Å². The van der Waals surface area contributed by atoms with Gasteiger partial charge in [-0.05, 0) is 25.0 Å². The third kappa shape index (κ3) is 6.07. The minimum absolute atomic E-state index is 0.198. The van der Waals surface area contributed by atoms with Crippen molar-refractivity contribution in [1.82, 2.24) is 0 Å². The van der Waals surface area contributed by atoms with Crippen molar-refractivity contribution in [3.63, 3.8) is 0 Å². The van der Waals surface area contributed by atoms with Gasteiger partial charge in [0.2, 0.25) is 0 Å². The molecular weight excluding hydrogens is 390 g/mol. The van der Waals surface area contributed by atoms with Crippen molar-refractivity contribution >= 4 is 24.3 Å². The number of hydrogen-bond acceptors (Lipinski definition) is 4. The summed E-state index contributed by atoms with van der Waals surface area (Å²) in [5.41, 5.74) is 4.87. The summed E-state index contributed by atoms with van der Waals surface area (Å²) in [4.78, 5) is 17.9. The Labute approximate surface area is 184 Å². The summed E-state index contributed by atoms with van der Waals surface area (Å²) in [6.45, 7) is 3.71. The normalized spacial score (nSPS) is 11.7. The van der Waals surface area contributed by atoms with E-state index in [1.807, 2.05) is 92.7 Å². The molecule has 0 amide bonds. The van der Waals surface area contributed by atoms with Crippen LogP contribution in [0.5, 0.6) is 0 Å². The zero-order chi connectivity index (χ0) is 21.3. The summed E-state index contributed by atoms with van der Waals surface area (Å²) in [6, 6.07) is 27.4. The van der Waals surface area contributed by atoms with Gasteiger partial charge in [-0.3, -0.25) is 4.99 Å². The predicted octanol–water partition coefficient (Wildman–Crippen LogP) is 5.52. The van der Waals surface area contributed by atoms with Crippen LogP contribution in [-0.2, 0) is 21.7 Å². The summed E-state index contributed by atoms with van der Waals surface area (Å²) >= 11 is 4.37. The largest absolute Gasteiger partial charge is 0.461 e. The maximum absolute atomic E-state index is 13.0. The first kappa shape index (κ1) is 21.8. The van der Waals surface area contributed by atoms with E-state index in [0.717, 1.165) is 28.0 Å². The van der Waals surface area contributed by atoms with Gasteiger partial charge in [-0.2, -0.15) is 12.6 Å². The Morgan fingerprint density at radius 3 is 1.97 bits per heavy atom. The first-order valence-electron chi connectivity index (χ1n) is 10.1. The summed E-state index contributed by atoms with van der Waals surface area (Å²) < 4.78 is 5.55. The highest BCUT2D eigenvalue weighted by atomic mass is 32.1. The number of rotatable bonds is 8. The van der Waals surface area contributed by atoms with Crippen LogP contribution in [0, 0.1) is 0 Å². The van der Waals surface area contributed by atoms with E-state index in [1.54, 1.807) is 0 Å². The molecule has 0 bridgehead atoms. The zero-order valence-corrected chi connectivity index (χ0v) is 18.3. The van der Waals surface area contributed by atoms with E-state index in [0.29, 0.717) is 12.2 Å². The number of carbonyl (C=O) groups excluding carboxylic acids is 1. The van der Waals surface area contributed by atoms with Crippen molar-refractivity contribution in [2.45, 2.75) is 38.2 Å². The highest BCUT2D eigenvalue weighted by molar-refractivity contribution is 7.79. The van der Waals surface area contributed by atoms with Gasteiger partial charge >= 0.3 is 5.97 Å². The number of hydrogen-bond donors (Lipinski definition) is 1. The number of esters is 1. The molecule has 1 unspecified atom stereocenters. The quantitative estimate of drug-likeness (QED) is 0.298. The van der Waals surface area contributed by atoms with Crippen LogP contribution in [0.2, 0.25) is 0 Å². The van der Waals surface area contributed by atoms with E-state index >= 15 is 0 Å². The highest BCUT2D eigenvalue weighted by Gasteiger charge is 2.23. The predicted molar refractivity (Wildman–Crippen MR) is 126 cm³/mol. The summed E-state index contributed by atoms with van der Waals surface area (Å²) in [6.07, 6.45) is 0.270. The van der Waals surface area contributed by atoms with Crippen LogP contribution in [0.4, 0.5) is 0 Å². The Hall–Kier alpha value is -2.85. The third-order valence-electron chi connectivity index (χ3n) is 4.61. The highest BCUT2D eigenvalue weighted by Crippen LogP contribution is 2.17. The van der Waals surface area contributed by atoms with Crippen LogP contribution < -0.4 is 0 Å². The SMILES string of the molecule is CC(C)OC(=O)C(Cc1cccc(CS)c1)N=C(c1ccccc1)c1ccccc1. The second-order valence-electron chi connectivity index (χ2n) is 7.39. The molecular formula is C26H27NO2S. The monoisotopic (exact) mass is 417 g/mol. The molecule has 0 aliphatic carbocycles. The third-order valence-corrected chi connectivity index (χ3v) is 4.97. The first-order chi connectivity index (χ1) is 14.6. The Balaban J connectivity index is 2.04. The molecule has 0 saturated carbocycles. The number of thiol groups is 1. The maximum atomic E-state index is 13.0. The second kappa shape index (κ2) is 10.8. The van der Waals surface area contributed by atoms with E-state index in [9.17, 15) is 4.79 Å². The molecule has 30 heavy (non-hydrogen) atoms. The molecule has 3 aromatic carbocycles. The fraction of sp³-hybridized carbons (Fsp3) is 0.231. The Morgan fingerprint density at radius 2 is 1.43 bits per heavy atom. The van der Waals surface area contributed by atoms with Crippen molar-refractivity contribution in [2.24, 2.45) is 4.99 Å². The van der Waals surface area contributed by atoms with Gasteiger partial charge in [0, 0.05) is 23.3 Å². The molecule has 0 radical (unpaired) electrons. The first-order valence-corrected chi connectivity index (χ1v) is 10.8. The van der Waals surface area contributed by atoms with E-state index in [2.05, 4.69) is 18.7 Å². The molecule has 4 heteroatoms. The molecule has 3 aromatic rings. The van der Waals surface area contributed by atoms with Gasteiger partial charge in [-0.15, -0.1) is 0 Å². The lowest BCUT2D eigenvalue weighted by atomic mass is 10.00. The van der Waals surface area contributed by atoms with Crippen LogP contribution in [0.25, 0.3) is 0 Å². The second-order valence-corrected chi connectivity index (χ2v) is 7.71. The van der Waals surface area contributed by atoms with Crippen LogP contribution >= 0.6 is 12.6 Å². The maximum Gasteiger partial charge on any atom is 0.331 e. The fourth-order valence-corrected chi connectivity index (χ4v) is 3.43. The van der Waals surface area contributed by atoms with Gasteiger partial charge in [-0.25, -0.2) is 4.79 Å². The molecule has 0 aliphatic heterocycles. The van der Waals surface area contributed by atoms with Crippen LogP contribution in [-0.4, -0.2) is 23.8 Å². The van der Waals surface area contributed by atoms with Gasteiger partial charge in [0.1, 0.15) is 0 Å². The minimum Gasteiger partial charge on any atom is -0.461 e. The van der Waals surface area contributed by atoms with E-state index in [-0.39, 0.29) is 12.1 Å². The number of aliphatic imine (C=N–C) groups is 1. The molecule has 0 saturated heterocycles. The topological polar surface area (TPSA) is 38.7 Å².